The summed E-state index contributed by atoms with van der Waals surface area (Å²) in [5.74, 6) is -0.0554. The highest BCUT2D eigenvalue weighted by molar-refractivity contribution is 5.88. The van der Waals surface area contributed by atoms with Gasteiger partial charge in [-0.15, -0.1) is 0 Å². The normalized spacial score (nSPS) is 11.9. The molecule has 0 unspecified atom stereocenters. The van der Waals surface area contributed by atoms with E-state index in [0.29, 0.717) is 31.7 Å². The summed E-state index contributed by atoms with van der Waals surface area (Å²) in [4.78, 5) is 27.8. The van der Waals surface area contributed by atoms with Crippen LogP contribution in [0.4, 0.5) is 4.39 Å². The Bertz CT molecular complexity index is 791. The van der Waals surface area contributed by atoms with Gasteiger partial charge in [0.15, 0.2) is 0 Å². The van der Waals surface area contributed by atoms with Gasteiger partial charge in [-0.05, 0) is 42.0 Å². The molecular formula is C25H33FN2O2. The van der Waals surface area contributed by atoms with Crippen LogP contribution in [0.15, 0.2) is 54.6 Å². The molecule has 0 saturated carbocycles. The quantitative estimate of drug-likeness (QED) is 0.580. The molecule has 0 aromatic heterocycles. The summed E-state index contributed by atoms with van der Waals surface area (Å²) in [5, 5.41) is 3.01. The SMILES string of the molecule is CCCC(=O)N(Cc1ccc(F)cc1)[C@@H](Cc1ccccc1)C(=O)NCCC(C)C. The molecule has 2 aromatic carbocycles. The molecule has 0 aliphatic carbocycles. The molecule has 2 aromatic rings. The second kappa shape index (κ2) is 12.1. The average molecular weight is 413 g/mol. The molecule has 0 bridgehead atoms. The first-order chi connectivity index (χ1) is 14.4. The maximum atomic E-state index is 13.3. The van der Waals surface area contributed by atoms with E-state index in [2.05, 4.69) is 19.2 Å². The van der Waals surface area contributed by atoms with E-state index in [1.165, 1.54) is 12.1 Å². The van der Waals surface area contributed by atoms with E-state index in [9.17, 15) is 14.0 Å². The number of rotatable bonds is 11. The van der Waals surface area contributed by atoms with Crippen LogP contribution in [0.1, 0.15) is 51.2 Å². The summed E-state index contributed by atoms with van der Waals surface area (Å²) in [5.41, 5.74) is 1.80. The molecule has 0 radical (unpaired) electrons. The number of amides is 2. The molecule has 0 heterocycles. The monoisotopic (exact) mass is 412 g/mol. The van der Waals surface area contributed by atoms with Crippen LogP contribution in [0.2, 0.25) is 0 Å². The van der Waals surface area contributed by atoms with E-state index >= 15 is 0 Å². The first-order valence-electron chi connectivity index (χ1n) is 10.8. The standard InChI is InChI=1S/C25H33FN2O2/c1-4-8-24(29)28(18-21-11-13-22(26)14-12-21)23(17-20-9-6-5-7-10-20)25(30)27-16-15-19(2)3/h5-7,9-14,19,23H,4,8,15-18H2,1-3H3,(H,27,30)/t23-/m0/s1. The first-order valence-corrected chi connectivity index (χ1v) is 10.8. The molecule has 0 saturated heterocycles. The van der Waals surface area contributed by atoms with Crippen LogP contribution in [0.3, 0.4) is 0 Å². The molecule has 0 aliphatic heterocycles. The summed E-state index contributed by atoms with van der Waals surface area (Å²) >= 11 is 0. The zero-order chi connectivity index (χ0) is 21.9. The van der Waals surface area contributed by atoms with Crippen molar-refractivity contribution in [2.45, 2.75) is 59.0 Å². The van der Waals surface area contributed by atoms with E-state index in [1.54, 1.807) is 17.0 Å². The Morgan fingerprint density at radius 1 is 1.00 bits per heavy atom. The van der Waals surface area contributed by atoms with Gasteiger partial charge < -0.3 is 10.2 Å². The summed E-state index contributed by atoms with van der Waals surface area (Å²) in [6.07, 6.45) is 2.38. The van der Waals surface area contributed by atoms with Crippen LogP contribution >= 0.6 is 0 Å². The Labute approximate surface area is 179 Å². The molecule has 162 valence electrons. The largest absolute Gasteiger partial charge is 0.354 e. The Morgan fingerprint density at radius 2 is 1.67 bits per heavy atom. The number of carbonyl (C=O) groups is 2. The summed E-state index contributed by atoms with van der Waals surface area (Å²) in [6, 6.07) is 15.2. The molecule has 2 rings (SSSR count). The van der Waals surface area contributed by atoms with Gasteiger partial charge >= 0.3 is 0 Å². The van der Waals surface area contributed by atoms with Gasteiger partial charge in [0.05, 0.1) is 0 Å². The van der Waals surface area contributed by atoms with Gasteiger partial charge in [0.25, 0.3) is 0 Å². The minimum atomic E-state index is -0.622. The van der Waals surface area contributed by atoms with Crippen molar-refractivity contribution in [3.63, 3.8) is 0 Å². The van der Waals surface area contributed by atoms with Crippen LogP contribution in [0, 0.1) is 11.7 Å². The fourth-order valence-electron chi connectivity index (χ4n) is 3.30. The molecule has 0 fully saturated rings. The van der Waals surface area contributed by atoms with E-state index in [-0.39, 0.29) is 24.2 Å². The lowest BCUT2D eigenvalue weighted by molar-refractivity contribution is -0.141. The van der Waals surface area contributed by atoms with Gasteiger partial charge in [-0.1, -0.05) is 63.2 Å². The fourth-order valence-corrected chi connectivity index (χ4v) is 3.30. The fraction of sp³-hybridized carbons (Fsp3) is 0.440. The van der Waals surface area contributed by atoms with E-state index < -0.39 is 6.04 Å². The van der Waals surface area contributed by atoms with Crippen molar-refractivity contribution in [3.8, 4) is 0 Å². The smallest absolute Gasteiger partial charge is 0.243 e. The molecule has 4 nitrogen and oxygen atoms in total. The van der Waals surface area contributed by atoms with Crippen molar-refractivity contribution in [3.05, 3.63) is 71.5 Å². The van der Waals surface area contributed by atoms with Crippen LogP contribution in [-0.4, -0.2) is 29.3 Å². The zero-order valence-electron chi connectivity index (χ0n) is 18.2. The highest BCUT2D eigenvalue weighted by atomic mass is 19.1. The topological polar surface area (TPSA) is 49.4 Å². The molecule has 2 amide bonds. The molecule has 5 heteroatoms. The van der Waals surface area contributed by atoms with Crippen molar-refractivity contribution in [2.24, 2.45) is 5.92 Å². The molecular weight excluding hydrogens is 379 g/mol. The second-order valence-corrected chi connectivity index (χ2v) is 8.08. The Balaban J connectivity index is 2.29. The van der Waals surface area contributed by atoms with Crippen LogP contribution in [0.5, 0.6) is 0 Å². The molecule has 0 aliphatic rings. The van der Waals surface area contributed by atoms with Gasteiger partial charge in [-0.2, -0.15) is 0 Å². The van der Waals surface area contributed by atoms with Crippen LogP contribution < -0.4 is 5.32 Å². The Hall–Kier alpha value is -2.69. The molecule has 0 spiro atoms. The van der Waals surface area contributed by atoms with Gasteiger partial charge in [0.1, 0.15) is 11.9 Å². The third-order valence-corrected chi connectivity index (χ3v) is 5.02. The lowest BCUT2D eigenvalue weighted by Crippen LogP contribution is -2.50. The molecule has 1 N–H and O–H groups in total. The lowest BCUT2D eigenvalue weighted by atomic mass is 10.0. The highest BCUT2D eigenvalue weighted by Gasteiger charge is 2.29. The van der Waals surface area contributed by atoms with E-state index in [1.807, 2.05) is 37.3 Å². The maximum absolute atomic E-state index is 13.3. The number of nitrogens with one attached hydrogen (secondary N) is 1. The predicted octanol–water partition coefficient (Wildman–Crippen LogP) is 4.73. The summed E-state index contributed by atoms with van der Waals surface area (Å²) in [7, 11) is 0. The van der Waals surface area contributed by atoms with Crippen molar-refractivity contribution < 1.29 is 14.0 Å². The molecule has 1 atom stereocenters. The van der Waals surface area contributed by atoms with E-state index in [0.717, 1.165) is 17.5 Å². The highest BCUT2D eigenvalue weighted by Crippen LogP contribution is 2.17. The van der Waals surface area contributed by atoms with Crippen molar-refractivity contribution >= 4 is 11.8 Å². The number of hydrogen-bond donors (Lipinski definition) is 1. The summed E-state index contributed by atoms with van der Waals surface area (Å²) in [6.45, 7) is 7.02. The number of carbonyl (C=O) groups excluding carboxylic acids is 2. The maximum Gasteiger partial charge on any atom is 0.243 e. The molecule has 30 heavy (non-hydrogen) atoms. The van der Waals surface area contributed by atoms with Crippen molar-refractivity contribution in [1.82, 2.24) is 10.2 Å². The van der Waals surface area contributed by atoms with Gasteiger partial charge in [-0.25, -0.2) is 4.39 Å². The van der Waals surface area contributed by atoms with Crippen molar-refractivity contribution in [2.75, 3.05) is 6.54 Å². The number of benzene rings is 2. The third kappa shape index (κ3) is 7.62. The number of halogens is 1. The third-order valence-electron chi connectivity index (χ3n) is 5.02. The van der Waals surface area contributed by atoms with Gasteiger partial charge in [0.2, 0.25) is 11.8 Å². The van der Waals surface area contributed by atoms with E-state index in [4.69, 9.17) is 0 Å². The first kappa shape index (κ1) is 23.6. The second-order valence-electron chi connectivity index (χ2n) is 8.08. The van der Waals surface area contributed by atoms with Gasteiger partial charge in [0, 0.05) is 25.9 Å². The lowest BCUT2D eigenvalue weighted by Gasteiger charge is -2.31. The predicted molar refractivity (Wildman–Crippen MR) is 118 cm³/mol. The summed E-state index contributed by atoms with van der Waals surface area (Å²) < 4.78 is 13.3. The van der Waals surface area contributed by atoms with Crippen LogP contribution in [0.25, 0.3) is 0 Å². The van der Waals surface area contributed by atoms with Crippen LogP contribution in [-0.2, 0) is 22.6 Å². The number of hydrogen-bond acceptors (Lipinski definition) is 2. The Kier molecular flexibility index (Phi) is 9.52. The van der Waals surface area contributed by atoms with Crippen molar-refractivity contribution in [1.29, 1.82) is 0 Å². The van der Waals surface area contributed by atoms with Gasteiger partial charge in [-0.3, -0.25) is 9.59 Å². The minimum absolute atomic E-state index is 0.0678. The average Bonchev–Trinajstić information content (AvgIpc) is 2.72. The Morgan fingerprint density at radius 3 is 2.27 bits per heavy atom. The zero-order valence-corrected chi connectivity index (χ0v) is 18.2. The minimum Gasteiger partial charge on any atom is -0.354 e. The number of nitrogens with zero attached hydrogens (tertiary/aromatic N) is 1.